The minimum atomic E-state index is -0.370. The lowest BCUT2D eigenvalue weighted by molar-refractivity contribution is 0.249. The van der Waals surface area contributed by atoms with Crippen molar-refractivity contribution in [2.24, 2.45) is 0 Å². The Morgan fingerprint density at radius 3 is 2.70 bits per heavy atom. The molecule has 0 bridgehead atoms. The first-order valence-electron chi connectivity index (χ1n) is 10.6. The second-order valence-corrected chi connectivity index (χ2v) is 7.75. The first-order valence-corrected chi connectivity index (χ1v) is 10.6. The van der Waals surface area contributed by atoms with Crippen LogP contribution in [0.2, 0.25) is 0 Å². The van der Waals surface area contributed by atoms with E-state index in [4.69, 9.17) is 10.5 Å². The van der Waals surface area contributed by atoms with Crippen molar-refractivity contribution in [2.45, 2.75) is 45.7 Å². The van der Waals surface area contributed by atoms with Gasteiger partial charge in [-0.1, -0.05) is 37.6 Å². The van der Waals surface area contributed by atoms with Crippen molar-refractivity contribution in [1.82, 2.24) is 20.3 Å². The van der Waals surface area contributed by atoms with Gasteiger partial charge >= 0.3 is 12.0 Å². The molecule has 30 heavy (non-hydrogen) atoms. The number of urea groups is 1. The predicted molar refractivity (Wildman–Crippen MR) is 116 cm³/mol. The highest BCUT2D eigenvalue weighted by molar-refractivity contribution is 6.00. The lowest BCUT2D eigenvalue weighted by Gasteiger charge is -2.31. The van der Waals surface area contributed by atoms with Crippen molar-refractivity contribution in [3.8, 4) is 6.01 Å². The summed E-state index contributed by atoms with van der Waals surface area (Å²) < 4.78 is 5.64. The van der Waals surface area contributed by atoms with E-state index in [0.29, 0.717) is 24.7 Å². The minimum Gasteiger partial charge on any atom is -0.463 e. The van der Waals surface area contributed by atoms with Gasteiger partial charge in [0.2, 0.25) is 0 Å². The molecule has 2 aliphatic heterocycles. The van der Waals surface area contributed by atoms with Gasteiger partial charge < -0.3 is 15.8 Å². The van der Waals surface area contributed by atoms with Gasteiger partial charge in [0.15, 0.2) is 11.6 Å². The zero-order valence-corrected chi connectivity index (χ0v) is 17.4. The molecule has 160 valence electrons. The number of carbonyl (C=O) groups excluding carboxylic acids is 1. The number of nitrogens with zero attached hydrogens (tertiary/aromatic N) is 4. The number of unbranched alkanes of at least 4 members (excludes halogenated alkanes) is 1. The first kappa shape index (κ1) is 20.2. The third-order valence-corrected chi connectivity index (χ3v) is 5.29. The molecule has 0 unspecified atom stereocenters. The summed E-state index contributed by atoms with van der Waals surface area (Å²) in [5.74, 6) is 0.688. The second-order valence-electron chi connectivity index (χ2n) is 7.75. The van der Waals surface area contributed by atoms with Crippen LogP contribution in [0.1, 0.15) is 43.7 Å². The molecule has 1 fully saturated rings. The van der Waals surface area contributed by atoms with E-state index in [0.717, 1.165) is 38.0 Å². The largest absolute Gasteiger partial charge is 0.463 e. The maximum absolute atomic E-state index is 12.2. The van der Waals surface area contributed by atoms with Crippen molar-refractivity contribution in [3.63, 3.8) is 0 Å². The van der Waals surface area contributed by atoms with Crippen LogP contribution in [0.15, 0.2) is 24.3 Å². The number of aromatic nitrogens is 2. The zero-order chi connectivity index (χ0) is 20.9. The molecule has 1 aromatic carbocycles. The van der Waals surface area contributed by atoms with Gasteiger partial charge in [0.25, 0.3) is 0 Å². The molecule has 9 nitrogen and oxygen atoms in total. The molecule has 2 aliphatic rings. The van der Waals surface area contributed by atoms with E-state index >= 15 is 0 Å². The van der Waals surface area contributed by atoms with Crippen LogP contribution in [0.3, 0.4) is 0 Å². The Kier molecular flexibility index (Phi) is 6.18. The monoisotopic (exact) mass is 411 g/mol. The normalized spacial score (nSPS) is 16.2. The average Bonchev–Trinajstić information content (AvgIpc) is 3.22. The van der Waals surface area contributed by atoms with E-state index in [9.17, 15) is 4.79 Å². The molecular weight excluding hydrogens is 382 g/mol. The summed E-state index contributed by atoms with van der Waals surface area (Å²) in [5.41, 5.74) is 11.6. The molecule has 0 atom stereocenters. The van der Waals surface area contributed by atoms with Gasteiger partial charge in [-0.15, -0.1) is 0 Å². The molecule has 3 heterocycles. The molecule has 2 aromatic rings. The summed E-state index contributed by atoms with van der Waals surface area (Å²) in [7, 11) is 0. The van der Waals surface area contributed by atoms with E-state index in [1.807, 2.05) is 6.07 Å². The number of rotatable bonds is 8. The number of amides is 2. The molecule has 0 aliphatic carbocycles. The number of nitrogens with two attached hydrogens (primary N) is 1. The van der Waals surface area contributed by atoms with Crippen molar-refractivity contribution in [1.29, 1.82) is 0 Å². The fraction of sp³-hybridized carbons (Fsp3) is 0.476. The van der Waals surface area contributed by atoms with Gasteiger partial charge in [-0.2, -0.15) is 9.97 Å². The van der Waals surface area contributed by atoms with Crippen molar-refractivity contribution in [3.05, 3.63) is 35.4 Å². The van der Waals surface area contributed by atoms with Gasteiger partial charge in [-0.25, -0.2) is 10.2 Å². The maximum Gasteiger partial charge on any atom is 0.338 e. The topological polar surface area (TPSA) is 109 Å². The van der Waals surface area contributed by atoms with Crippen LogP contribution in [0.25, 0.3) is 0 Å². The summed E-state index contributed by atoms with van der Waals surface area (Å²) in [6.07, 6.45) is 4.46. The number of likely N-dealkylation sites (tertiary alicyclic amines) is 1. The zero-order valence-electron chi connectivity index (χ0n) is 17.4. The number of nitrogens with one attached hydrogen (secondary N) is 2. The fourth-order valence-corrected chi connectivity index (χ4v) is 3.77. The first-order chi connectivity index (χ1) is 14.6. The Morgan fingerprint density at radius 1 is 1.17 bits per heavy atom. The van der Waals surface area contributed by atoms with Gasteiger partial charge in [-0.05, 0) is 43.5 Å². The van der Waals surface area contributed by atoms with Crippen LogP contribution in [-0.4, -0.2) is 40.6 Å². The number of benzene rings is 1. The lowest BCUT2D eigenvalue weighted by Crippen LogP contribution is -2.48. The second kappa shape index (κ2) is 9.17. The molecule has 9 heteroatoms. The highest BCUT2D eigenvalue weighted by atomic mass is 16.5. The van der Waals surface area contributed by atoms with Crippen LogP contribution in [0, 0.1) is 0 Å². The smallest absolute Gasteiger partial charge is 0.338 e. The Morgan fingerprint density at radius 2 is 1.93 bits per heavy atom. The van der Waals surface area contributed by atoms with Gasteiger partial charge in [0.1, 0.15) is 5.69 Å². The summed E-state index contributed by atoms with van der Waals surface area (Å²) in [5, 5.41) is 4.38. The summed E-state index contributed by atoms with van der Waals surface area (Å²) in [4.78, 5) is 23.3. The molecule has 0 spiro atoms. The summed E-state index contributed by atoms with van der Waals surface area (Å²) >= 11 is 0. The number of anilines is 3. The highest BCUT2D eigenvalue weighted by Crippen LogP contribution is 2.33. The number of carbonyl (C=O) groups is 1. The molecule has 0 saturated carbocycles. The standard InChI is InChI=1S/C21H29N7O2/c1-2-3-11-30-21-24-18(22)17-19(25-21)28(26-20(29)23-17)14-16-8-6-7-15(12-16)13-27-9-4-5-10-27/h6-8,12H,2-5,9-11,13-14H2,1H3,(H2,22,24,25)(H2,23,26,29). The Bertz CT molecular complexity index is 899. The lowest BCUT2D eigenvalue weighted by atomic mass is 10.1. The van der Waals surface area contributed by atoms with Crippen molar-refractivity contribution >= 4 is 23.4 Å². The van der Waals surface area contributed by atoms with Crippen LogP contribution < -0.4 is 26.2 Å². The number of hydrogen-bond acceptors (Lipinski definition) is 7. The molecule has 4 N–H and O–H groups in total. The summed E-state index contributed by atoms with van der Waals surface area (Å²) in [6.45, 7) is 6.32. The Hall–Kier alpha value is -3.07. The van der Waals surface area contributed by atoms with E-state index in [-0.39, 0.29) is 17.9 Å². The molecule has 1 aromatic heterocycles. The maximum atomic E-state index is 12.2. The highest BCUT2D eigenvalue weighted by Gasteiger charge is 2.27. The number of hydrogen-bond donors (Lipinski definition) is 3. The van der Waals surface area contributed by atoms with E-state index in [2.05, 4.69) is 50.7 Å². The molecular formula is C21H29N7O2. The summed E-state index contributed by atoms with van der Waals surface area (Å²) in [6, 6.07) is 8.27. The van der Waals surface area contributed by atoms with E-state index in [1.165, 1.54) is 18.4 Å². The average molecular weight is 412 g/mol. The van der Waals surface area contributed by atoms with Crippen molar-refractivity contribution in [2.75, 3.05) is 35.8 Å². The van der Waals surface area contributed by atoms with E-state index < -0.39 is 0 Å². The quantitative estimate of drug-likeness (QED) is 0.573. The minimum absolute atomic E-state index is 0.189. The Balaban J connectivity index is 1.54. The van der Waals surface area contributed by atoms with Crippen LogP contribution in [-0.2, 0) is 13.1 Å². The third-order valence-electron chi connectivity index (χ3n) is 5.29. The van der Waals surface area contributed by atoms with Gasteiger partial charge in [0.05, 0.1) is 13.2 Å². The molecule has 4 rings (SSSR count). The van der Waals surface area contributed by atoms with E-state index in [1.54, 1.807) is 5.01 Å². The van der Waals surface area contributed by atoms with Crippen LogP contribution in [0.4, 0.5) is 22.1 Å². The molecule has 0 radical (unpaired) electrons. The van der Waals surface area contributed by atoms with Crippen LogP contribution in [0.5, 0.6) is 6.01 Å². The number of nitrogen functional groups attached to an aromatic ring is 1. The third kappa shape index (κ3) is 4.73. The molecule has 2 amide bonds. The van der Waals surface area contributed by atoms with Gasteiger partial charge in [0, 0.05) is 6.54 Å². The molecule has 1 saturated heterocycles. The number of ether oxygens (including phenoxy) is 1. The Labute approximate surface area is 176 Å². The van der Waals surface area contributed by atoms with Gasteiger partial charge in [-0.3, -0.25) is 9.91 Å². The predicted octanol–water partition coefficient (Wildman–Crippen LogP) is 2.89. The van der Waals surface area contributed by atoms with Crippen LogP contribution >= 0.6 is 0 Å². The number of fused-ring (bicyclic) bond motifs is 1. The fourth-order valence-electron chi connectivity index (χ4n) is 3.77. The SMILES string of the molecule is CCCCOc1nc(N)c2c(n1)N(Cc1cccc(CN3CCCC3)c1)NC(=O)N2. The number of hydrazine groups is 1. The van der Waals surface area contributed by atoms with Crippen molar-refractivity contribution < 1.29 is 9.53 Å².